The van der Waals surface area contributed by atoms with Crippen LogP contribution in [0.5, 0.6) is 0 Å². The van der Waals surface area contributed by atoms with Gasteiger partial charge in [0.1, 0.15) is 0 Å². The summed E-state index contributed by atoms with van der Waals surface area (Å²) in [6.07, 6.45) is 1.76. The van der Waals surface area contributed by atoms with E-state index < -0.39 is 33.9 Å². The van der Waals surface area contributed by atoms with Crippen molar-refractivity contribution in [2.45, 2.75) is 51.5 Å². The van der Waals surface area contributed by atoms with Crippen molar-refractivity contribution in [1.29, 1.82) is 0 Å². The number of carbonyl (C=O) groups is 2. The summed E-state index contributed by atoms with van der Waals surface area (Å²) < 4.78 is 28.2. The van der Waals surface area contributed by atoms with Crippen molar-refractivity contribution in [2.75, 3.05) is 12.9 Å². The van der Waals surface area contributed by atoms with Crippen molar-refractivity contribution in [3.63, 3.8) is 0 Å². The summed E-state index contributed by atoms with van der Waals surface area (Å²) in [4.78, 5) is 24.2. The molecular formula is C18H26ClNO5S. The van der Waals surface area contributed by atoms with E-state index in [0.29, 0.717) is 0 Å². The summed E-state index contributed by atoms with van der Waals surface area (Å²) in [5.74, 6) is -1.30. The molecule has 0 bridgehead atoms. The Morgan fingerprint density at radius 1 is 1.15 bits per heavy atom. The van der Waals surface area contributed by atoms with Crippen LogP contribution in [0.4, 0.5) is 0 Å². The van der Waals surface area contributed by atoms with Gasteiger partial charge >= 0.3 is 5.97 Å². The Morgan fingerprint density at radius 2 is 1.73 bits per heavy atom. The van der Waals surface area contributed by atoms with Crippen molar-refractivity contribution >= 4 is 33.3 Å². The number of rotatable bonds is 6. The van der Waals surface area contributed by atoms with E-state index in [2.05, 4.69) is 26.1 Å². The maximum atomic E-state index is 12.2. The molecule has 26 heavy (non-hydrogen) atoms. The molecule has 146 valence electrons. The summed E-state index contributed by atoms with van der Waals surface area (Å²) in [7, 11) is -3.49. The van der Waals surface area contributed by atoms with E-state index >= 15 is 0 Å². The number of nitrogens with one attached hydrogen (secondary N) is 1. The second kappa shape index (κ2) is 7.96. The van der Waals surface area contributed by atoms with Crippen LogP contribution in [0.15, 0.2) is 23.1 Å². The Balaban J connectivity index is 2.77. The van der Waals surface area contributed by atoms with Crippen LogP contribution in [0, 0.1) is 5.41 Å². The quantitative estimate of drug-likeness (QED) is 0.736. The van der Waals surface area contributed by atoms with E-state index in [-0.39, 0.29) is 20.9 Å². The van der Waals surface area contributed by atoms with Crippen LogP contribution in [-0.4, -0.2) is 38.7 Å². The predicted octanol–water partition coefficient (Wildman–Crippen LogP) is 3.23. The molecule has 1 aromatic carbocycles. The van der Waals surface area contributed by atoms with Gasteiger partial charge in [-0.15, -0.1) is 0 Å². The van der Waals surface area contributed by atoms with Crippen molar-refractivity contribution in [1.82, 2.24) is 5.32 Å². The summed E-state index contributed by atoms with van der Waals surface area (Å²) in [5, 5.41) is 2.88. The molecule has 1 amide bonds. The Morgan fingerprint density at radius 3 is 2.23 bits per heavy atom. The van der Waals surface area contributed by atoms with E-state index in [4.69, 9.17) is 16.3 Å². The van der Waals surface area contributed by atoms with Gasteiger partial charge < -0.3 is 10.1 Å². The summed E-state index contributed by atoms with van der Waals surface area (Å²) in [6.45, 7) is 9.51. The van der Waals surface area contributed by atoms with Crippen LogP contribution in [-0.2, 0) is 19.4 Å². The van der Waals surface area contributed by atoms with Gasteiger partial charge in [0.25, 0.3) is 5.91 Å². The molecule has 8 heteroatoms. The third-order valence-electron chi connectivity index (χ3n) is 3.37. The van der Waals surface area contributed by atoms with Crippen LogP contribution in [0.1, 0.15) is 51.4 Å². The number of esters is 1. The molecule has 1 aromatic rings. The van der Waals surface area contributed by atoms with Crippen molar-refractivity contribution in [2.24, 2.45) is 5.41 Å². The highest BCUT2D eigenvalue weighted by Crippen LogP contribution is 2.26. The van der Waals surface area contributed by atoms with Crippen LogP contribution in [0.2, 0.25) is 5.02 Å². The normalized spacial score (nSPS) is 12.6. The largest absolute Gasteiger partial charge is 0.452 e. The summed E-state index contributed by atoms with van der Waals surface area (Å²) in [6, 6.07) is 3.75. The van der Waals surface area contributed by atoms with E-state index in [0.717, 1.165) is 18.7 Å². The molecule has 0 aromatic heterocycles. The van der Waals surface area contributed by atoms with E-state index in [1.807, 2.05) is 13.8 Å². The molecule has 0 atom stereocenters. The second-order valence-electron chi connectivity index (χ2n) is 8.16. The van der Waals surface area contributed by atoms with Gasteiger partial charge in [-0.3, -0.25) is 4.79 Å². The molecular weight excluding hydrogens is 378 g/mol. The van der Waals surface area contributed by atoms with E-state index in [1.54, 1.807) is 0 Å². The molecule has 0 aliphatic carbocycles. The molecule has 0 radical (unpaired) electrons. The van der Waals surface area contributed by atoms with Gasteiger partial charge in [0, 0.05) is 11.8 Å². The zero-order valence-electron chi connectivity index (χ0n) is 16.0. The van der Waals surface area contributed by atoms with Gasteiger partial charge in [-0.25, -0.2) is 13.2 Å². The van der Waals surface area contributed by atoms with Crippen molar-refractivity contribution < 1.29 is 22.7 Å². The van der Waals surface area contributed by atoms with Gasteiger partial charge in [-0.2, -0.15) is 0 Å². The number of sulfone groups is 1. The SMILES string of the molecule is CC(C)(C)CC(C)(C)NC(=O)COC(=O)c1cc(S(C)(=O)=O)ccc1Cl. The lowest BCUT2D eigenvalue weighted by Gasteiger charge is -2.33. The van der Waals surface area contributed by atoms with Gasteiger partial charge in [0.15, 0.2) is 16.4 Å². The van der Waals surface area contributed by atoms with Crippen LogP contribution in [0.3, 0.4) is 0 Å². The predicted molar refractivity (Wildman–Crippen MR) is 101 cm³/mol. The number of benzene rings is 1. The Hall–Kier alpha value is -1.60. The van der Waals surface area contributed by atoms with Crippen LogP contribution in [0.25, 0.3) is 0 Å². The summed E-state index contributed by atoms with van der Waals surface area (Å²) >= 11 is 5.94. The van der Waals surface area contributed by atoms with Crippen molar-refractivity contribution in [3.05, 3.63) is 28.8 Å². The monoisotopic (exact) mass is 403 g/mol. The molecule has 1 N–H and O–H groups in total. The minimum atomic E-state index is -3.49. The molecule has 0 spiro atoms. The van der Waals surface area contributed by atoms with Crippen molar-refractivity contribution in [3.8, 4) is 0 Å². The topological polar surface area (TPSA) is 89.5 Å². The third-order valence-corrected chi connectivity index (χ3v) is 4.81. The lowest BCUT2D eigenvalue weighted by molar-refractivity contribution is -0.126. The fourth-order valence-electron chi connectivity index (χ4n) is 2.88. The number of carbonyl (C=O) groups excluding carboxylic acids is 2. The lowest BCUT2D eigenvalue weighted by Crippen LogP contribution is -2.47. The molecule has 1 rings (SSSR count). The van der Waals surface area contributed by atoms with Gasteiger partial charge in [0.2, 0.25) is 0 Å². The number of hydrogen-bond acceptors (Lipinski definition) is 5. The zero-order chi connectivity index (χ0) is 20.3. The molecule has 0 heterocycles. The first-order chi connectivity index (χ1) is 11.6. The van der Waals surface area contributed by atoms with Crippen LogP contribution < -0.4 is 5.32 Å². The second-order valence-corrected chi connectivity index (χ2v) is 10.6. The van der Waals surface area contributed by atoms with E-state index in [9.17, 15) is 18.0 Å². The highest BCUT2D eigenvalue weighted by molar-refractivity contribution is 7.90. The molecule has 0 aliphatic heterocycles. The Labute approximate surface area is 160 Å². The average molecular weight is 404 g/mol. The maximum absolute atomic E-state index is 12.2. The highest BCUT2D eigenvalue weighted by Gasteiger charge is 2.27. The highest BCUT2D eigenvalue weighted by atomic mass is 35.5. The number of hydrogen-bond donors (Lipinski definition) is 1. The Kier molecular flexibility index (Phi) is 6.87. The average Bonchev–Trinajstić information content (AvgIpc) is 2.40. The van der Waals surface area contributed by atoms with E-state index in [1.165, 1.54) is 12.1 Å². The fraction of sp³-hybridized carbons (Fsp3) is 0.556. The van der Waals surface area contributed by atoms with Gasteiger partial charge in [-0.1, -0.05) is 32.4 Å². The first-order valence-electron chi connectivity index (χ1n) is 8.08. The fourth-order valence-corrected chi connectivity index (χ4v) is 3.73. The molecule has 0 saturated heterocycles. The first kappa shape index (κ1) is 22.4. The molecule has 0 fully saturated rings. The number of halogens is 1. The minimum Gasteiger partial charge on any atom is -0.452 e. The third kappa shape index (κ3) is 7.33. The van der Waals surface area contributed by atoms with Gasteiger partial charge in [0.05, 0.1) is 15.5 Å². The molecule has 0 aliphatic rings. The van der Waals surface area contributed by atoms with Gasteiger partial charge in [-0.05, 0) is 43.9 Å². The lowest BCUT2D eigenvalue weighted by atomic mass is 9.82. The maximum Gasteiger partial charge on any atom is 0.340 e. The number of amides is 1. The van der Waals surface area contributed by atoms with Crippen LogP contribution >= 0.6 is 11.6 Å². The number of ether oxygens (including phenoxy) is 1. The first-order valence-corrected chi connectivity index (χ1v) is 10.4. The Bertz CT molecular complexity index is 794. The molecule has 0 saturated carbocycles. The summed E-state index contributed by atoms with van der Waals surface area (Å²) in [5.41, 5.74) is -0.542. The standard InChI is InChI=1S/C18H26ClNO5S/c1-17(2,3)11-18(4,5)20-15(21)10-25-16(22)13-9-12(26(6,23)24)7-8-14(13)19/h7-9H,10-11H2,1-6H3,(H,20,21). The molecule has 6 nitrogen and oxygen atoms in total. The minimum absolute atomic E-state index is 0.0209. The smallest absolute Gasteiger partial charge is 0.340 e. The molecule has 0 unspecified atom stereocenters. The zero-order valence-corrected chi connectivity index (χ0v) is 17.5.